The number of aliphatic carboxylic acids is 1. The molecule has 0 radical (unpaired) electrons. The second-order valence-electron chi connectivity index (χ2n) is 5.07. The Balaban J connectivity index is 2.26. The van der Waals surface area contributed by atoms with Gasteiger partial charge in [-0.05, 0) is 43.3 Å². The van der Waals surface area contributed by atoms with Gasteiger partial charge in [0.25, 0.3) is 5.69 Å². The van der Waals surface area contributed by atoms with E-state index in [1.807, 2.05) is 0 Å². The zero-order valence-electron chi connectivity index (χ0n) is 13.4. The van der Waals surface area contributed by atoms with Gasteiger partial charge in [-0.15, -0.1) is 0 Å². The average Bonchev–Trinajstić information content (AvgIpc) is 2.57. The van der Waals surface area contributed by atoms with E-state index in [9.17, 15) is 19.5 Å². The molecule has 2 aromatic carbocycles. The normalized spacial score (nSPS) is 14.1. The van der Waals surface area contributed by atoms with Gasteiger partial charge in [-0.2, -0.15) is 5.09 Å². The van der Waals surface area contributed by atoms with E-state index in [-0.39, 0.29) is 17.2 Å². The standard InChI is InChI=1S/C15H14ClN2O7P/c1-10(15(19)20)17-26(23,24-13-6-2-11(16)3-7-13)25-14-8-4-12(5-9-14)18(21)22/h2-10H,1H3,(H,17,23)(H,19,20). The van der Waals surface area contributed by atoms with Crippen molar-refractivity contribution in [3.05, 3.63) is 63.7 Å². The SMILES string of the molecule is CC(NP(=O)(Oc1ccc(Cl)cc1)Oc1ccc([N+](=O)[O-])cc1)C(=O)O. The number of nitrogens with zero attached hydrogens (tertiary/aromatic N) is 1. The number of nitro groups is 1. The van der Waals surface area contributed by atoms with E-state index >= 15 is 0 Å². The summed E-state index contributed by atoms with van der Waals surface area (Å²) in [5.41, 5.74) is -0.183. The maximum absolute atomic E-state index is 13.0. The second-order valence-corrected chi connectivity index (χ2v) is 7.13. The van der Waals surface area contributed by atoms with Crippen LogP contribution >= 0.6 is 19.3 Å². The molecule has 0 spiro atoms. The van der Waals surface area contributed by atoms with Crippen LogP contribution < -0.4 is 14.1 Å². The fraction of sp³-hybridized carbons (Fsp3) is 0.133. The van der Waals surface area contributed by atoms with Crippen molar-refractivity contribution in [3.8, 4) is 11.5 Å². The summed E-state index contributed by atoms with van der Waals surface area (Å²) >= 11 is 5.77. The third kappa shape index (κ3) is 5.45. The topological polar surface area (TPSA) is 128 Å². The van der Waals surface area contributed by atoms with Gasteiger partial charge in [-0.25, -0.2) is 4.57 Å². The van der Waals surface area contributed by atoms with Crippen LogP contribution in [0.4, 0.5) is 5.69 Å². The number of carboxylic acids is 1. The number of non-ortho nitro benzene ring substituents is 1. The summed E-state index contributed by atoms with van der Waals surface area (Å²) in [5.74, 6) is -1.14. The molecule has 0 aromatic heterocycles. The van der Waals surface area contributed by atoms with Gasteiger partial charge >= 0.3 is 13.7 Å². The largest absolute Gasteiger partial charge is 0.513 e. The predicted molar refractivity (Wildman–Crippen MR) is 93.6 cm³/mol. The maximum atomic E-state index is 13.0. The van der Waals surface area contributed by atoms with Crippen molar-refractivity contribution >= 4 is 31.0 Å². The molecule has 0 amide bonds. The number of nitro benzene ring substituents is 1. The zero-order chi connectivity index (χ0) is 19.3. The predicted octanol–water partition coefficient (Wildman–Crippen LogP) is 3.88. The van der Waals surface area contributed by atoms with Crippen LogP contribution in [0.25, 0.3) is 0 Å². The Morgan fingerprint density at radius 2 is 1.62 bits per heavy atom. The highest BCUT2D eigenvalue weighted by atomic mass is 35.5. The number of benzene rings is 2. The van der Waals surface area contributed by atoms with E-state index in [1.54, 1.807) is 0 Å². The molecule has 2 N–H and O–H groups in total. The zero-order valence-corrected chi connectivity index (χ0v) is 15.0. The molecule has 138 valence electrons. The molecule has 0 saturated carbocycles. The number of nitrogens with one attached hydrogen (secondary N) is 1. The first-order valence-corrected chi connectivity index (χ1v) is 9.10. The Labute approximate surface area is 153 Å². The van der Waals surface area contributed by atoms with E-state index < -0.39 is 24.7 Å². The van der Waals surface area contributed by atoms with Crippen LogP contribution in [0.1, 0.15) is 6.92 Å². The Kier molecular flexibility index (Phi) is 6.20. The van der Waals surface area contributed by atoms with Crippen molar-refractivity contribution in [1.82, 2.24) is 5.09 Å². The fourth-order valence-corrected chi connectivity index (χ4v) is 3.42. The van der Waals surface area contributed by atoms with Gasteiger partial charge in [0.1, 0.15) is 17.5 Å². The number of hydrogen-bond acceptors (Lipinski definition) is 6. The summed E-state index contributed by atoms with van der Waals surface area (Å²) in [5, 5.41) is 22.4. The number of carbonyl (C=O) groups is 1. The summed E-state index contributed by atoms with van der Waals surface area (Å²) in [4.78, 5) is 21.1. The molecule has 0 heterocycles. The number of hydrogen-bond donors (Lipinski definition) is 2. The van der Waals surface area contributed by atoms with Crippen LogP contribution in [-0.2, 0) is 9.36 Å². The summed E-state index contributed by atoms with van der Waals surface area (Å²) in [7, 11) is -4.17. The molecule has 2 atom stereocenters. The van der Waals surface area contributed by atoms with Crippen molar-refractivity contribution in [2.75, 3.05) is 0 Å². The molecule has 0 aliphatic heterocycles. The minimum atomic E-state index is -4.17. The van der Waals surface area contributed by atoms with Crippen molar-refractivity contribution in [3.63, 3.8) is 0 Å². The van der Waals surface area contributed by atoms with Crippen LogP contribution in [0.2, 0.25) is 5.02 Å². The fourth-order valence-electron chi connectivity index (χ4n) is 1.77. The minimum Gasteiger partial charge on any atom is -0.480 e. The summed E-state index contributed by atoms with van der Waals surface area (Å²) < 4.78 is 23.6. The lowest BCUT2D eigenvalue weighted by atomic mass is 10.3. The molecule has 0 bridgehead atoms. The van der Waals surface area contributed by atoms with Crippen molar-refractivity contribution in [1.29, 1.82) is 0 Å². The number of carboxylic acid groups (broad SMARTS) is 1. The molecule has 0 saturated heterocycles. The Bertz CT molecular complexity index is 842. The highest BCUT2D eigenvalue weighted by Gasteiger charge is 2.33. The number of halogens is 1. The Hall–Kier alpha value is -2.61. The van der Waals surface area contributed by atoms with Crippen molar-refractivity contribution in [2.45, 2.75) is 13.0 Å². The monoisotopic (exact) mass is 400 g/mol. The molecular weight excluding hydrogens is 387 g/mol. The van der Waals surface area contributed by atoms with Crippen LogP contribution in [0.5, 0.6) is 11.5 Å². The Morgan fingerprint density at radius 3 is 2.04 bits per heavy atom. The lowest BCUT2D eigenvalue weighted by Crippen LogP contribution is -2.34. The molecule has 26 heavy (non-hydrogen) atoms. The van der Waals surface area contributed by atoms with Crippen LogP contribution in [0, 0.1) is 10.1 Å². The highest BCUT2D eigenvalue weighted by Crippen LogP contribution is 2.45. The van der Waals surface area contributed by atoms with Crippen LogP contribution in [0.3, 0.4) is 0 Å². The summed E-state index contributed by atoms with van der Waals surface area (Å²) in [6.45, 7) is 1.26. The molecule has 2 rings (SSSR count). The lowest BCUT2D eigenvalue weighted by Gasteiger charge is -2.22. The summed E-state index contributed by atoms with van der Waals surface area (Å²) in [6.07, 6.45) is 0. The molecule has 2 aromatic rings. The van der Waals surface area contributed by atoms with Crippen molar-refractivity contribution in [2.24, 2.45) is 0 Å². The Morgan fingerprint density at radius 1 is 1.15 bits per heavy atom. The van der Waals surface area contributed by atoms with Crippen LogP contribution in [-0.4, -0.2) is 22.0 Å². The van der Waals surface area contributed by atoms with Gasteiger partial charge < -0.3 is 14.2 Å². The van der Waals surface area contributed by atoms with Gasteiger partial charge in [0.05, 0.1) is 4.92 Å². The van der Waals surface area contributed by atoms with Crippen molar-refractivity contribution < 1.29 is 28.4 Å². The molecule has 0 aliphatic rings. The smallest absolute Gasteiger partial charge is 0.480 e. The summed E-state index contributed by atoms with van der Waals surface area (Å²) in [6, 6.07) is 9.37. The first-order valence-electron chi connectivity index (χ1n) is 7.18. The lowest BCUT2D eigenvalue weighted by molar-refractivity contribution is -0.384. The third-order valence-corrected chi connectivity index (χ3v) is 4.89. The first kappa shape index (κ1) is 19.7. The maximum Gasteiger partial charge on any atom is 0.513 e. The van der Waals surface area contributed by atoms with Gasteiger partial charge in [0.15, 0.2) is 0 Å². The second kappa shape index (κ2) is 8.18. The van der Waals surface area contributed by atoms with Gasteiger partial charge in [-0.3, -0.25) is 14.9 Å². The quantitative estimate of drug-likeness (QED) is 0.388. The molecule has 0 fully saturated rings. The molecule has 2 unspecified atom stereocenters. The van der Waals surface area contributed by atoms with Gasteiger partial charge in [-0.1, -0.05) is 11.6 Å². The van der Waals surface area contributed by atoms with Crippen LogP contribution in [0.15, 0.2) is 48.5 Å². The van der Waals surface area contributed by atoms with Gasteiger partial charge in [0, 0.05) is 17.2 Å². The van der Waals surface area contributed by atoms with E-state index in [1.165, 1.54) is 43.3 Å². The van der Waals surface area contributed by atoms with Gasteiger partial charge in [0.2, 0.25) is 0 Å². The highest BCUT2D eigenvalue weighted by molar-refractivity contribution is 7.52. The molecule has 11 heteroatoms. The van der Waals surface area contributed by atoms with E-state index in [4.69, 9.17) is 25.8 Å². The first-order chi connectivity index (χ1) is 12.2. The molecule has 9 nitrogen and oxygen atoms in total. The molecular formula is C15H14ClN2O7P. The van der Waals surface area contributed by atoms with E-state index in [0.29, 0.717) is 5.02 Å². The third-order valence-electron chi connectivity index (χ3n) is 3.03. The average molecular weight is 401 g/mol. The van der Waals surface area contributed by atoms with E-state index in [0.717, 1.165) is 12.1 Å². The molecule has 0 aliphatic carbocycles. The number of rotatable bonds is 8. The van der Waals surface area contributed by atoms with E-state index in [2.05, 4.69) is 5.09 Å². The minimum absolute atomic E-state index is 0.00187.